The first-order chi connectivity index (χ1) is 6.98. The molecule has 7 heteroatoms. The molecule has 0 aromatic rings. The van der Waals surface area contributed by atoms with Gasteiger partial charge in [0.25, 0.3) is 0 Å². The molecular weight excluding hydrogens is 222 g/mol. The SMILES string of the molecule is O=CN(CC(O)CO)C1CCS(=O)(=O)C1. The predicted octanol–water partition coefficient (Wildman–Crippen LogP) is -2.01. The van der Waals surface area contributed by atoms with Crippen LogP contribution in [0.25, 0.3) is 0 Å². The van der Waals surface area contributed by atoms with Crippen molar-refractivity contribution in [3.05, 3.63) is 0 Å². The molecular formula is C8H15NO5S. The molecule has 1 aliphatic rings. The van der Waals surface area contributed by atoms with Gasteiger partial charge in [-0.2, -0.15) is 0 Å². The van der Waals surface area contributed by atoms with Crippen LogP contribution in [0.4, 0.5) is 0 Å². The summed E-state index contributed by atoms with van der Waals surface area (Å²) < 4.78 is 22.3. The van der Waals surface area contributed by atoms with Crippen molar-refractivity contribution in [1.82, 2.24) is 4.90 Å². The number of hydrogen-bond acceptors (Lipinski definition) is 5. The molecule has 15 heavy (non-hydrogen) atoms. The lowest BCUT2D eigenvalue weighted by atomic mass is 10.2. The van der Waals surface area contributed by atoms with Gasteiger partial charge in [-0.3, -0.25) is 4.79 Å². The molecule has 6 nitrogen and oxygen atoms in total. The number of rotatable bonds is 5. The van der Waals surface area contributed by atoms with Crippen molar-refractivity contribution in [1.29, 1.82) is 0 Å². The van der Waals surface area contributed by atoms with Gasteiger partial charge in [-0.1, -0.05) is 0 Å². The molecule has 0 aromatic carbocycles. The molecule has 0 aromatic heterocycles. The predicted molar refractivity (Wildman–Crippen MR) is 52.9 cm³/mol. The number of sulfone groups is 1. The Bertz CT molecular complexity index is 315. The van der Waals surface area contributed by atoms with E-state index in [0.717, 1.165) is 0 Å². The largest absolute Gasteiger partial charge is 0.394 e. The quantitative estimate of drug-likeness (QED) is 0.538. The van der Waals surface area contributed by atoms with Gasteiger partial charge < -0.3 is 15.1 Å². The molecule has 0 bridgehead atoms. The molecule has 2 unspecified atom stereocenters. The monoisotopic (exact) mass is 237 g/mol. The van der Waals surface area contributed by atoms with E-state index in [1.807, 2.05) is 0 Å². The topological polar surface area (TPSA) is 94.9 Å². The first-order valence-electron chi connectivity index (χ1n) is 4.69. The number of nitrogens with zero attached hydrogens (tertiary/aromatic N) is 1. The van der Waals surface area contributed by atoms with Crippen LogP contribution in [0.5, 0.6) is 0 Å². The zero-order chi connectivity index (χ0) is 11.5. The summed E-state index contributed by atoms with van der Waals surface area (Å²) in [5, 5.41) is 17.8. The van der Waals surface area contributed by atoms with Crippen LogP contribution in [0.15, 0.2) is 0 Å². The first kappa shape index (κ1) is 12.4. The van der Waals surface area contributed by atoms with Gasteiger partial charge in [0.2, 0.25) is 6.41 Å². The minimum Gasteiger partial charge on any atom is -0.394 e. The fourth-order valence-corrected chi connectivity index (χ4v) is 3.36. The van der Waals surface area contributed by atoms with E-state index in [2.05, 4.69) is 0 Å². The maximum absolute atomic E-state index is 11.2. The maximum atomic E-state index is 11.2. The maximum Gasteiger partial charge on any atom is 0.210 e. The molecule has 2 N–H and O–H groups in total. The molecule has 1 aliphatic heterocycles. The van der Waals surface area contributed by atoms with Gasteiger partial charge >= 0.3 is 0 Å². The smallest absolute Gasteiger partial charge is 0.210 e. The van der Waals surface area contributed by atoms with Crippen LogP contribution < -0.4 is 0 Å². The molecule has 0 radical (unpaired) electrons. The van der Waals surface area contributed by atoms with Gasteiger partial charge in [0.15, 0.2) is 9.84 Å². The van der Waals surface area contributed by atoms with E-state index in [1.165, 1.54) is 4.90 Å². The highest BCUT2D eigenvalue weighted by molar-refractivity contribution is 7.91. The summed E-state index contributed by atoms with van der Waals surface area (Å²) in [5.74, 6) is 0.0289. The van der Waals surface area contributed by atoms with Crippen molar-refractivity contribution in [3.63, 3.8) is 0 Å². The molecule has 1 fully saturated rings. The van der Waals surface area contributed by atoms with Crippen LogP contribution in [0.3, 0.4) is 0 Å². The van der Waals surface area contributed by atoms with Crippen molar-refractivity contribution in [2.24, 2.45) is 0 Å². The van der Waals surface area contributed by atoms with Crippen LogP contribution in [0.1, 0.15) is 6.42 Å². The third kappa shape index (κ3) is 3.44. The molecule has 2 atom stereocenters. The lowest BCUT2D eigenvalue weighted by molar-refractivity contribution is -0.121. The van der Waals surface area contributed by atoms with Crippen LogP contribution in [-0.4, -0.2) is 66.7 Å². The Kier molecular flexibility index (Phi) is 4.06. The number of amides is 1. The minimum absolute atomic E-state index is 0.0276. The lowest BCUT2D eigenvalue weighted by Crippen LogP contribution is -2.41. The second-order valence-electron chi connectivity index (χ2n) is 3.70. The Morgan fingerprint density at radius 2 is 2.20 bits per heavy atom. The number of aliphatic hydroxyl groups is 2. The summed E-state index contributed by atoms with van der Waals surface area (Å²) >= 11 is 0. The van der Waals surface area contributed by atoms with Crippen LogP contribution in [-0.2, 0) is 14.6 Å². The molecule has 88 valence electrons. The highest BCUT2D eigenvalue weighted by Crippen LogP contribution is 2.16. The lowest BCUT2D eigenvalue weighted by Gasteiger charge is -2.25. The summed E-state index contributed by atoms with van der Waals surface area (Å²) in [5.41, 5.74) is 0. The molecule has 1 saturated heterocycles. The number of carbonyl (C=O) groups excluding carboxylic acids is 1. The van der Waals surface area contributed by atoms with E-state index in [0.29, 0.717) is 12.8 Å². The minimum atomic E-state index is -3.04. The van der Waals surface area contributed by atoms with E-state index in [1.54, 1.807) is 0 Å². The fourth-order valence-electron chi connectivity index (χ4n) is 1.62. The van der Waals surface area contributed by atoms with Gasteiger partial charge in [-0.15, -0.1) is 0 Å². The van der Waals surface area contributed by atoms with E-state index in [9.17, 15) is 13.2 Å². The Morgan fingerprint density at radius 1 is 1.53 bits per heavy atom. The zero-order valence-electron chi connectivity index (χ0n) is 8.24. The standard InChI is InChI=1S/C8H15NO5S/c10-4-8(12)3-9(6-11)7-1-2-15(13,14)5-7/h6-8,10,12H,1-5H2. The van der Waals surface area contributed by atoms with E-state index in [-0.39, 0.29) is 24.1 Å². The van der Waals surface area contributed by atoms with Crippen LogP contribution in [0.2, 0.25) is 0 Å². The second-order valence-corrected chi connectivity index (χ2v) is 5.92. The number of hydrogen-bond donors (Lipinski definition) is 2. The van der Waals surface area contributed by atoms with Crippen molar-refractivity contribution in [2.45, 2.75) is 18.6 Å². The molecule has 0 saturated carbocycles. The Hall–Kier alpha value is -0.660. The summed E-state index contributed by atoms with van der Waals surface area (Å²) in [6.45, 7) is -0.468. The molecule has 1 amide bonds. The number of carbonyl (C=O) groups is 1. The molecule has 0 spiro atoms. The third-order valence-corrected chi connectivity index (χ3v) is 4.20. The normalized spacial score (nSPS) is 26.1. The highest BCUT2D eigenvalue weighted by Gasteiger charge is 2.32. The summed E-state index contributed by atoms with van der Waals surface area (Å²) in [4.78, 5) is 11.9. The molecule has 1 heterocycles. The average Bonchev–Trinajstić information content (AvgIpc) is 2.54. The molecule has 0 aliphatic carbocycles. The van der Waals surface area contributed by atoms with Crippen molar-refractivity contribution in [2.75, 3.05) is 24.7 Å². The van der Waals surface area contributed by atoms with Crippen molar-refractivity contribution in [3.8, 4) is 0 Å². The van der Waals surface area contributed by atoms with Gasteiger partial charge in [-0.25, -0.2) is 8.42 Å². The van der Waals surface area contributed by atoms with Crippen molar-refractivity contribution >= 4 is 16.2 Å². The second kappa shape index (κ2) is 4.91. The number of aliphatic hydroxyl groups excluding tert-OH is 2. The van der Waals surface area contributed by atoms with Crippen LogP contribution >= 0.6 is 0 Å². The van der Waals surface area contributed by atoms with Crippen LogP contribution in [0, 0.1) is 0 Å². The van der Waals surface area contributed by atoms with E-state index < -0.39 is 22.5 Å². The van der Waals surface area contributed by atoms with Gasteiger partial charge in [0.05, 0.1) is 24.2 Å². The highest BCUT2D eigenvalue weighted by atomic mass is 32.2. The Balaban J connectivity index is 2.57. The van der Waals surface area contributed by atoms with Gasteiger partial charge in [0, 0.05) is 12.6 Å². The summed E-state index contributed by atoms with van der Waals surface area (Å²) in [6, 6.07) is -0.367. The zero-order valence-corrected chi connectivity index (χ0v) is 9.06. The Morgan fingerprint density at radius 3 is 2.60 bits per heavy atom. The first-order valence-corrected chi connectivity index (χ1v) is 6.51. The van der Waals surface area contributed by atoms with E-state index in [4.69, 9.17) is 10.2 Å². The van der Waals surface area contributed by atoms with E-state index >= 15 is 0 Å². The van der Waals surface area contributed by atoms with Gasteiger partial charge in [0.1, 0.15) is 0 Å². The van der Waals surface area contributed by atoms with Gasteiger partial charge in [-0.05, 0) is 6.42 Å². The summed E-state index contributed by atoms with van der Waals surface area (Å²) in [7, 11) is -3.04. The average molecular weight is 237 g/mol. The fraction of sp³-hybridized carbons (Fsp3) is 0.875. The third-order valence-electron chi connectivity index (χ3n) is 2.45. The van der Waals surface area contributed by atoms with Crippen molar-refractivity contribution < 1.29 is 23.4 Å². The summed E-state index contributed by atoms with van der Waals surface area (Å²) in [6.07, 6.45) is -0.0950. The Labute approximate surface area is 88.4 Å². The molecule has 1 rings (SSSR count).